The summed E-state index contributed by atoms with van der Waals surface area (Å²) < 4.78 is 10.4. The zero-order valence-electron chi connectivity index (χ0n) is 14.8. The van der Waals surface area contributed by atoms with Crippen molar-refractivity contribution in [1.82, 2.24) is 10.6 Å². The van der Waals surface area contributed by atoms with Crippen molar-refractivity contribution >= 4 is 29.3 Å². The molecule has 0 saturated carbocycles. The van der Waals surface area contributed by atoms with Crippen molar-refractivity contribution < 1.29 is 19.1 Å². The molecule has 0 aliphatic carbocycles. The first-order valence-electron chi connectivity index (χ1n) is 8.24. The maximum atomic E-state index is 12.2. The van der Waals surface area contributed by atoms with Crippen LogP contribution in [0.5, 0.6) is 11.5 Å². The first kappa shape index (κ1) is 19.4. The molecule has 1 aromatic rings. The fourth-order valence-electron chi connectivity index (χ4n) is 2.64. The molecule has 138 valence electrons. The number of anilines is 1. The Morgan fingerprint density at radius 1 is 1.32 bits per heavy atom. The van der Waals surface area contributed by atoms with Crippen LogP contribution in [0.2, 0.25) is 0 Å². The van der Waals surface area contributed by atoms with Crippen LogP contribution in [0.25, 0.3) is 0 Å². The second kappa shape index (κ2) is 9.53. The van der Waals surface area contributed by atoms with Crippen molar-refractivity contribution in [3.63, 3.8) is 0 Å². The minimum atomic E-state index is -0.242. The van der Waals surface area contributed by atoms with Crippen LogP contribution in [0.4, 0.5) is 5.69 Å². The fourth-order valence-corrected chi connectivity index (χ4v) is 3.53. The topological polar surface area (TPSA) is 88.7 Å². The summed E-state index contributed by atoms with van der Waals surface area (Å²) in [6.45, 7) is 2.09. The third-order valence-electron chi connectivity index (χ3n) is 3.80. The summed E-state index contributed by atoms with van der Waals surface area (Å²) in [6, 6.07) is 5.37. The lowest BCUT2D eigenvalue weighted by molar-refractivity contribution is -0.123. The molecular formula is C17H25N3O4S. The first-order chi connectivity index (χ1) is 12.0. The largest absolute Gasteiger partial charge is 0.493 e. The van der Waals surface area contributed by atoms with E-state index in [2.05, 4.69) is 22.9 Å². The van der Waals surface area contributed by atoms with Gasteiger partial charge >= 0.3 is 0 Å². The van der Waals surface area contributed by atoms with E-state index >= 15 is 0 Å². The van der Waals surface area contributed by atoms with E-state index in [1.807, 2.05) is 0 Å². The Morgan fingerprint density at radius 2 is 2.08 bits per heavy atom. The van der Waals surface area contributed by atoms with E-state index < -0.39 is 0 Å². The van der Waals surface area contributed by atoms with E-state index in [9.17, 15) is 9.59 Å². The lowest BCUT2D eigenvalue weighted by Gasteiger charge is -2.30. The van der Waals surface area contributed by atoms with Crippen LogP contribution in [-0.2, 0) is 9.59 Å². The Morgan fingerprint density at radius 3 is 2.76 bits per heavy atom. The molecule has 2 rings (SSSR count). The lowest BCUT2D eigenvalue weighted by Crippen LogP contribution is -2.54. The SMILES string of the molecule is CCCC1CC(=O)NC(SCC(=O)Nc2ccc(OC)c(OC)c2)N1. The van der Waals surface area contributed by atoms with Gasteiger partial charge < -0.3 is 20.1 Å². The lowest BCUT2D eigenvalue weighted by atomic mass is 10.1. The molecule has 2 atom stereocenters. The molecule has 2 amide bonds. The number of carbonyl (C=O) groups is 2. The predicted octanol–water partition coefficient (Wildman–Crippen LogP) is 1.94. The zero-order chi connectivity index (χ0) is 18.2. The third-order valence-corrected chi connectivity index (χ3v) is 4.81. The molecule has 3 N–H and O–H groups in total. The number of ether oxygens (including phenoxy) is 2. The number of amides is 2. The van der Waals surface area contributed by atoms with Gasteiger partial charge in [0.25, 0.3) is 0 Å². The van der Waals surface area contributed by atoms with Crippen LogP contribution < -0.4 is 25.4 Å². The van der Waals surface area contributed by atoms with Gasteiger partial charge in [0, 0.05) is 24.2 Å². The number of carbonyl (C=O) groups excluding carboxylic acids is 2. The second-order valence-corrected chi connectivity index (χ2v) is 6.83. The normalized spacial score (nSPS) is 19.9. The maximum absolute atomic E-state index is 12.2. The summed E-state index contributed by atoms with van der Waals surface area (Å²) in [5.74, 6) is 1.26. The number of hydrogen-bond donors (Lipinski definition) is 3. The van der Waals surface area contributed by atoms with Gasteiger partial charge in [-0.2, -0.15) is 0 Å². The molecule has 2 unspecified atom stereocenters. The quantitative estimate of drug-likeness (QED) is 0.651. The Bertz CT molecular complexity index is 612. The number of methoxy groups -OCH3 is 2. The molecule has 1 fully saturated rings. The van der Waals surface area contributed by atoms with Crippen LogP contribution in [-0.4, -0.2) is 43.3 Å². The van der Waals surface area contributed by atoms with Crippen LogP contribution in [0, 0.1) is 0 Å². The molecule has 1 aliphatic rings. The highest BCUT2D eigenvalue weighted by atomic mass is 32.2. The molecule has 0 radical (unpaired) electrons. The van der Waals surface area contributed by atoms with Gasteiger partial charge in [0.2, 0.25) is 11.8 Å². The first-order valence-corrected chi connectivity index (χ1v) is 9.29. The summed E-state index contributed by atoms with van der Waals surface area (Å²) >= 11 is 1.36. The molecular weight excluding hydrogens is 342 g/mol. The summed E-state index contributed by atoms with van der Waals surface area (Å²) in [5.41, 5.74) is 0.390. The standard InChI is InChI=1S/C17H25N3O4S/c1-4-5-11-9-15(21)20-17(19-11)25-10-16(22)18-12-6-7-13(23-2)14(8-12)24-3/h6-8,11,17,19H,4-5,9-10H2,1-3H3,(H,18,22)(H,20,21). The van der Waals surface area contributed by atoms with Gasteiger partial charge in [0.05, 0.1) is 20.0 Å². The predicted molar refractivity (Wildman–Crippen MR) is 99.0 cm³/mol. The second-order valence-electron chi connectivity index (χ2n) is 5.73. The number of rotatable bonds is 8. The summed E-state index contributed by atoms with van der Waals surface area (Å²) in [6.07, 6.45) is 2.45. The highest BCUT2D eigenvalue weighted by Crippen LogP contribution is 2.29. The molecule has 0 spiro atoms. The molecule has 1 saturated heterocycles. The van der Waals surface area contributed by atoms with Crippen LogP contribution >= 0.6 is 11.8 Å². The number of nitrogens with one attached hydrogen (secondary N) is 3. The van der Waals surface area contributed by atoms with Crippen molar-refractivity contribution in [2.45, 2.75) is 37.7 Å². The van der Waals surface area contributed by atoms with Gasteiger partial charge in [-0.1, -0.05) is 13.3 Å². The minimum absolute atomic E-state index is 0.0231. The molecule has 1 heterocycles. The number of hydrogen-bond acceptors (Lipinski definition) is 6. The van der Waals surface area contributed by atoms with Crippen molar-refractivity contribution in [3.8, 4) is 11.5 Å². The molecule has 25 heavy (non-hydrogen) atoms. The Balaban J connectivity index is 1.85. The van der Waals surface area contributed by atoms with Gasteiger partial charge in [-0.25, -0.2) is 0 Å². The average molecular weight is 367 g/mol. The van der Waals surface area contributed by atoms with Gasteiger partial charge in [-0.15, -0.1) is 11.8 Å². The summed E-state index contributed by atoms with van der Waals surface area (Å²) in [7, 11) is 3.10. The van der Waals surface area contributed by atoms with Gasteiger partial charge in [-0.3, -0.25) is 14.9 Å². The number of thioether (sulfide) groups is 1. The molecule has 1 aliphatic heterocycles. The van der Waals surface area contributed by atoms with E-state index in [0.29, 0.717) is 23.6 Å². The van der Waals surface area contributed by atoms with Crippen molar-refractivity contribution in [2.24, 2.45) is 0 Å². The van der Waals surface area contributed by atoms with E-state index in [4.69, 9.17) is 9.47 Å². The van der Waals surface area contributed by atoms with E-state index in [1.165, 1.54) is 11.8 Å². The van der Waals surface area contributed by atoms with Gasteiger partial charge in [0.15, 0.2) is 11.5 Å². The van der Waals surface area contributed by atoms with Crippen LogP contribution in [0.1, 0.15) is 26.2 Å². The highest BCUT2D eigenvalue weighted by Gasteiger charge is 2.25. The van der Waals surface area contributed by atoms with Crippen LogP contribution in [0.3, 0.4) is 0 Å². The van der Waals surface area contributed by atoms with Gasteiger partial charge in [0.1, 0.15) is 5.50 Å². The van der Waals surface area contributed by atoms with E-state index in [0.717, 1.165) is 12.8 Å². The van der Waals surface area contributed by atoms with Gasteiger partial charge in [-0.05, 0) is 18.6 Å². The maximum Gasteiger partial charge on any atom is 0.234 e. The summed E-state index contributed by atoms with van der Waals surface area (Å²) in [5, 5.41) is 9.02. The van der Waals surface area contributed by atoms with Crippen molar-refractivity contribution in [1.29, 1.82) is 0 Å². The third kappa shape index (κ3) is 5.82. The molecule has 8 heteroatoms. The molecule has 1 aromatic carbocycles. The molecule has 0 bridgehead atoms. The molecule has 0 aromatic heterocycles. The minimum Gasteiger partial charge on any atom is -0.493 e. The fraction of sp³-hybridized carbons (Fsp3) is 0.529. The smallest absolute Gasteiger partial charge is 0.234 e. The Kier molecular flexibility index (Phi) is 7.39. The molecule has 7 nitrogen and oxygen atoms in total. The van der Waals surface area contributed by atoms with E-state index in [-0.39, 0.29) is 29.1 Å². The van der Waals surface area contributed by atoms with Crippen molar-refractivity contribution in [2.75, 3.05) is 25.3 Å². The monoisotopic (exact) mass is 367 g/mol. The number of benzene rings is 1. The zero-order valence-corrected chi connectivity index (χ0v) is 15.6. The van der Waals surface area contributed by atoms with Crippen LogP contribution in [0.15, 0.2) is 18.2 Å². The summed E-state index contributed by atoms with van der Waals surface area (Å²) in [4.78, 5) is 23.9. The highest BCUT2D eigenvalue weighted by molar-refractivity contribution is 8.00. The van der Waals surface area contributed by atoms with E-state index in [1.54, 1.807) is 32.4 Å². The Hall–Kier alpha value is -1.93. The average Bonchev–Trinajstić information content (AvgIpc) is 2.59. The van der Waals surface area contributed by atoms with Crippen molar-refractivity contribution in [3.05, 3.63) is 18.2 Å². The Labute approximate surface area is 152 Å².